The van der Waals surface area contributed by atoms with Gasteiger partial charge in [0.2, 0.25) is 11.3 Å². The van der Waals surface area contributed by atoms with Crippen molar-refractivity contribution in [2.75, 3.05) is 31.1 Å². The molecule has 7 nitrogen and oxygen atoms in total. The average molecular weight is 502 g/mol. The van der Waals surface area contributed by atoms with Gasteiger partial charge in [0.25, 0.3) is 0 Å². The zero-order valence-electron chi connectivity index (χ0n) is 21.7. The fraction of sp³-hybridized carbons (Fsp3) is 0.607. The van der Waals surface area contributed by atoms with Crippen LogP contribution in [-0.2, 0) is 11.3 Å². The summed E-state index contributed by atoms with van der Waals surface area (Å²) in [5.74, 6) is -1.71. The van der Waals surface area contributed by atoms with E-state index in [1.165, 1.54) is 51.1 Å². The molecule has 0 spiro atoms. The maximum Gasteiger partial charge on any atom is 0.341 e. The summed E-state index contributed by atoms with van der Waals surface area (Å²) < 4.78 is 16.7. The molecule has 2 heterocycles. The number of rotatable bonds is 13. The van der Waals surface area contributed by atoms with Crippen molar-refractivity contribution in [1.82, 2.24) is 9.47 Å². The molecule has 1 aromatic heterocycles. The maximum atomic E-state index is 15.0. The van der Waals surface area contributed by atoms with Crippen LogP contribution < -0.4 is 10.3 Å². The molecule has 198 valence electrons. The van der Waals surface area contributed by atoms with Crippen LogP contribution in [0.1, 0.15) is 88.4 Å². The van der Waals surface area contributed by atoms with Gasteiger partial charge in [-0.05, 0) is 25.5 Å². The first-order valence-electron chi connectivity index (χ1n) is 13.5. The number of carbonyl (C=O) groups is 2. The lowest BCUT2D eigenvalue weighted by atomic mass is 10.1. The number of carboxylic acids is 1. The number of fused-ring (bicyclic) bond motifs is 1. The van der Waals surface area contributed by atoms with Crippen molar-refractivity contribution in [3.63, 3.8) is 0 Å². The molecule has 1 aromatic carbocycles. The van der Waals surface area contributed by atoms with Crippen LogP contribution in [0.2, 0.25) is 0 Å². The van der Waals surface area contributed by atoms with Gasteiger partial charge >= 0.3 is 5.97 Å². The summed E-state index contributed by atoms with van der Waals surface area (Å²) in [4.78, 5) is 40.4. The molecule has 0 bridgehead atoms. The Kier molecular flexibility index (Phi) is 10.3. The van der Waals surface area contributed by atoms with E-state index in [-0.39, 0.29) is 16.9 Å². The van der Waals surface area contributed by atoms with Gasteiger partial charge in [0.1, 0.15) is 11.4 Å². The van der Waals surface area contributed by atoms with Crippen LogP contribution in [0.25, 0.3) is 10.9 Å². The molecule has 8 heteroatoms. The minimum Gasteiger partial charge on any atom is -0.477 e. The lowest BCUT2D eigenvalue weighted by Gasteiger charge is -2.36. The third-order valence-electron chi connectivity index (χ3n) is 7.19. The van der Waals surface area contributed by atoms with Crippen molar-refractivity contribution in [2.45, 2.75) is 84.6 Å². The summed E-state index contributed by atoms with van der Waals surface area (Å²) in [6.45, 7) is 6.60. The topological polar surface area (TPSA) is 82.8 Å². The Hall–Kier alpha value is -2.90. The molecule has 1 N–H and O–H groups in total. The average Bonchev–Trinajstić information content (AvgIpc) is 2.87. The normalized spacial score (nSPS) is 14.0. The Morgan fingerprint density at radius 3 is 2.11 bits per heavy atom. The van der Waals surface area contributed by atoms with Gasteiger partial charge in [-0.15, -0.1) is 0 Å². The number of nitrogens with zero attached hydrogens (tertiary/aromatic N) is 3. The van der Waals surface area contributed by atoms with Crippen molar-refractivity contribution in [3.8, 4) is 0 Å². The molecule has 0 unspecified atom stereocenters. The van der Waals surface area contributed by atoms with E-state index in [4.69, 9.17) is 0 Å². The summed E-state index contributed by atoms with van der Waals surface area (Å²) in [6, 6.07) is 2.77. The number of amides is 1. The molecule has 0 saturated carbocycles. The Bertz CT molecular complexity index is 1110. The van der Waals surface area contributed by atoms with Gasteiger partial charge in [0.05, 0.1) is 11.2 Å². The number of pyridine rings is 1. The van der Waals surface area contributed by atoms with Gasteiger partial charge in [0.15, 0.2) is 0 Å². The third-order valence-corrected chi connectivity index (χ3v) is 7.19. The molecule has 1 amide bonds. The van der Waals surface area contributed by atoms with Crippen LogP contribution in [-0.4, -0.2) is 52.6 Å². The number of aryl methyl sites for hydroxylation is 1. The van der Waals surface area contributed by atoms with Crippen LogP contribution in [0, 0.1) is 5.82 Å². The number of benzene rings is 1. The van der Waals surface area contributed by atoms with Gasteiger partial charge in [-0.2, -0.15) is 0 Å². The maximum absolute atomic E-state index is 15.0. The first-order chi connectivity index (χ1) is 17.4. The molecule has 36 heavy (non-hydrogen) atoms. The number of hydrogen-bond donors (Lipinski definition) is 1. The fourth-order valence-electron chi connectivity index (χ4n) is 5.00. The molecular formula is C28H40FN3O4. The summed E-state index contributed by atoms with van der Waals surface area (Å²) in [5, 5.41) is 9.39. The van der Waals surface area contributed by atoms with E-state index >= 15 is 4.39 Å². The molecule has 1 aliphatic heterocycles. The van der Waals surface area contributed by atoms with Crippen LogP contribution in [0.4, 0.5) is 10.1 Å². The Balaban J connectivity index is 1.54. The second-order valence-corrected chi connectivity index (χ2v) is 9.73. The van der Waals surface area contributed by atoms with Crippen molar-refractivity contribution in [3.05, 3.63) is 39.9 Å². The Labute approximate surface area is 212 Å². The number of aromatic nitrogens is 1. The molecule has 0 aliphatic carbocycles. The molecule has 1 saturated heterocycles. The number of carboxylic acid groups (broad SMARTS) is 1. The lowest BCUT2D eigenvalue weighted by Crippen LogP contribution is -2.49. The molecular weight excluding hydrogens is 461 g/mol. The predicted molar refractivity (Wildman–Crippen MR) is 141 cm³/mol. The van der Waals surface area contributed by atoms with Crippen LogP contribution in [0.15, 0.2) is 23.1 Å². The summed E-state index contributed by atoms with van der Waals surface area (Å²) in [7, 11) is 0. The molecule has 1 aliphatic rings. The number of hydrogen-bond acceptors (Lipinski definition) is 4. The van der Waals surface area contributed by atoms with Crippen molar-refractivity contribution in [2.24, 2.45) is 0 Å². The van der Waals surface area contributed by atoms with Gasteiger partial charge in [-0.3, -0.25) is 9.59 Å². The molecule has 3 rings (SSSR count). The minimum absolute atomic E-state index is 0.0628. The molecule has 1 fully saturated rings. The van der Waals surface area contributed by atoms with Crippen LogP contribution >= 0.6 is 0 Å². The SMILES string of the molecule is CCCCCCCCCCCC(=O)N1CCN(c2cc3c(cc2F)c(=O)c(C(=O)O)cn3CC)CC1. The van der Waals surface area contributed by atoms with Crippen molar-refractivity contribution < 1.29 is 19.1 Å². The van der Waals surface area contributed by atoms with E-state index in [0.717, 1.165) is 18.9 Å². The minimum atomic E-state index is -1.32. The second-order valence-electron chi connectivity index (χ2n) is 9.73. The highest BCUT2D eigenvalue weighted by atomic mass is 19.1. The highest BCUT2D eigenvalue weighted by molar-refractivity contribution is 5.93. The van der Waals surface area contributed by atoms with Gasteiger partial charge < -0.3 is 19.5 Å². The van der Waals surface area contributed by atoms with E-state index in [1.807, 2.05) is 16.7 Å². The van der Waals surface area contributed by atoms with Gasteiger partial charge in [0, 0.05) is 50.7 Å². The number of aromatic carboxylic acids is 1. The number of anilines is 1. The van der Waals surface area contributed by atoms with Gasteiger partial charge in [-0.1, -0.05) is 58.3 Å². The van der Waals surface area contributed by atoms with E-state index < -0.39 is 17.2 Å². The molecule has 2 aromatic rings. The van der Waals surface area contributed by atoms with Crippen molar-refractivity contribution in [1.29, 1.82) is 0 Å². The Morgan fingerprint density at radius 2 is 1.53 bits per heavy atom. The number of unbranched alkanes of at least 4 members (excludes halogenated alkanes) is 8. The van der Waals surface area contributed by atoms with E-state index in [9.17, 15) is 19.5 Å². The summed E-state index contributed by atoms with van der Waals surface area (Å²) >= 11 is 0. The summed E-state index contributed by atoms with van der Waals surface area (Å²) in [5.41, 5.74) is -0.166. The van der Waals surface area contributed by atoms with E-state index in [2.05, 4.69) is 6.92 Å². The smallest absolute Gasteiger partial charge is 0.341 e. The highest BCUT2D eigenvalue weighted by Crippen LogP contribution is 2.26. The fourth-order valence-corrected chi connectivity index (χ4v) is 5.00. The van der Waals surface area contributed by atoms with Crippen molar-refractivity contribution >= 4 is 28.5 Å². The number of halogens is 1. The number of carbonyl (C=O) groups excluding carboxylic acids is 1. The summed E-state index contributed by atoms with van der Waals surface area (Å²) in [6.07, 6.45) is 12.8. The first-order valence-corrected chi connectivity index (χ1v) is 13.5. The quantitative estimate of drug-likeness (QED) is 0.370. The van der Waals surface area contributed by atoms with E-state index in [0.29, 0.717) is 50.3 Å². The largest absolute Gasteiger partial charge is 0.477 e. The van der Waals surface area contributed by atoms with Crippen LogP contribution in [0.3, 0.4) is 0 Å². The number of piperazine rings is 1. The monoisotopic (exact) mass is 501 g/mol. The Morgan fingerprint density at radius 1 is 0.917 bits per heavy atom. The van der Waals surface area contributed by atoms with E-state index in [1.54, 1.807) is 10.6 Å². The third kappa shape index (κ3) is 6.86. The second kappa shape index (κ2) is 13.4. The highest BCUT2D eigenvalue weighted by Gasteiger charge is 2.24. The van der Waals surface area contributed by atoms with Gasteiger partial charge in [-0.25, -0.2) is 9.18 Å². The molecule has 0 radical (unpaired) electrons. The molecule has 0 atom stereocenters. The predicted octanol–water partition coefficient (Wildman–Crippen LogP) is 5.43. The zero-order valence-corrected chi connectivity index (χ0v) is 21.7. The zero-order chi connectivity index (χ0) is 26.1. The standard InChI is InChI=1S/C28H40FN3O4/c1-3-5-6-7-8-9-10-11-12-13-26(33)32-16-14-31(15-17-32)25-19-24-21(18-23(25)29)27(34)22(28(35)36)20-30(24)4-2/h18-20H,3-17H2,1-2H3,(H,35,36). The van der Waals surface area contributed by atoms with Crippen LogP contribution in [0.5, 0.6) is 0 Å². The first kappa shape index (κ1) is 27.7. The lowest BCUT2D eigenvalue weighted by molar-refractivity contribution is -0.131.